The largest absolute Gasteiger partial charge is 0.487 e. The molecule has 0 saturated heterocycles. The standard InChI is InChI=1S/C23H30N2O4S/c1-15-11-16(2)13-18(12-15)25(30(6,27)28)17(3)22(26)24-20-14-23(4,5)29-21-10-8-7-9-19(20)21/h7-13,17,20H,14H2,1-6H3,(H,24,26)/t17-,20-/m0/s1. The lowest BCUT2D eigenvalue weighted by atomic mass is 9.89. The maximum Gasteiger partial charge on any atom is 0.244 e. The number of sulfonamides is 1. The zero-order valence-electron chi connectivity index (χ0n) is 18.4. The Morgan fingerprint density at radius 2 is 1.77 bits per heavy atom. The van der Waals surface area contributed by atoms with Crippen LogP contribution in [0.3, 0.4) is 0 Å². The van der Waals surface area contributed by atoms with Crippen LogP contribution in [0.5, 0.6) is 5.75 Å². The van der Waals surface area contributed by atoms with Gasteiger partial charge >= 0.3 is 0 Å². The molecule has 0 spiro atoms. The molecule has 0 bridgehead atoms. The van der Waals surface area contributed by atoms with E-state index in [9.17, 15) is 13.2 Å². The number of anilines is 1. The molecule has 1 N–H and O–H groups in total. The van der Waals surface area contributed by atoms with Gasteiger partial charge in [-0.05, 0) is 63.9 Å². The molecule has 6 nitrogen and oxygen atoms in total. The number of amides is 1. The van der Waals surface area contributed by atoms with E-state index in [2.05, 4.69) is 5.32 Å². The van der Waals surface area contributed by atoms with Gasteiger partial charge in [-0.15, -0.1) is 0 Å². The summed E-state index contributed by atoms with van der Waals surface area (Å²) in [5, 5.41) is 3.06. The molecule has 1 amide bonds. The van der Waals surface area contributed by atoms with Gasteiger partial charge in [0, 0.05) is 12.0 Å². The van der Waals surface area contributed by atoms with E-state index in [4.69, 9.17) is 4.74 Å². The van der Waals surface area contributed by atoms with E-state index < -0.39 is 21.7 Å². The second-order valence-electron chi connectivity index (χ2n) is 8.75. The fourth-order valence-corrected chi connectivity index (χ4v) is 5.27. The Labute approximate surface area is 179 Å². The highest BCUT2D eigenvalue weighted by atomic mass is 32.2. The zero-order valence-corrected chi connectivity index (χ0v) is 19.2. The third-order valence-electron chi connectivity index (χ3n) is 5.24. The normalized spacial score (nSPS) is 18.7. The van der Waals surface area contributed by atoms with Crippen LogP contribution in [0.25, 0.3) is 0 Å². The van der Waals surface area contributed by atoms with E-state index >= 15 is 0 Å². The van der Waals surface area contributed by atoms with E-state index in [1.807, 2.05) is 58.0 Å². The SMILES string of the molecule is Cc1cc(C)cc(N([C@@H](C)C(=O)N[C@H]2CC(C)(C)Oc3ccccc32)S(C)(=O)=O)c1. The highest BCUT2D eigenvalue weighted by molar-refractivity contribution is 7.92. The number of rotatable bonds is 5. The summed E-state index contributed by atoms with van der Waals surface area (Å²) in [6, 6.07) is 12.0. The first-order valence-corrected chi connectivity index (χ1v) is 11.9. The first-order valence-electron chi connectivity index (χ1n) is 10.0. The quantitative estimate of drug-likeness (QED) is 0.781. The van der Waals surface area contributed by atoms with Crippen molar-refractivity contribution in [3.05, 3.63) is 59.2 Å². The van der Waals surface area contributed by atoms with Gasteiger partial charge in [-0.3, -0.25) is 9.10 Å². The van der Waals surface area contributed by atoms with Gasteiger partial charge in [0.15, 0.2) is 0 Å². The van der Waals surface area contributed by atoms with E-state index in [1.54, 1.807) is 19.1 Å². The summed E-state index contributed by atoms with van der Waals surface area (Å²) in [4.78, 5) is 13.2. The second kappa shape index (κ2) is 7.95. The Kier molecular flexibility index (Phi) is 5.87. The summed E-state index contributed by atoms with van der Waals surface area (Å²) in [6.45, 7) is 9.38. The van der Waals surface area contributed by atoms with Crippen molar-refractivity contribution >= 4 is 21.6 Å². The van der Waals surface area contributed by atoms with Gasteiger partial charge < -0.3 is 10.1 Å². The summed E-state index contributed by atoms with van der Waals surface area (Å²) >= 11 is 0. The van der Waals surface area contributed by atoms with Crippen LogP contribution in [-0.4, -0.2) is 32.2 Å². The molecule has 2 aromatic carbocycles. The molecule has 0 aromatic heterocycles. The number of aryl methyl sites for hydroxylation is 2. The van der Waals surface area contributed by atoms with Crippen LogP contribution < -0.4 is 14.4 Å². The Bertz CT molecular complexity index is 1040. The Morgan fingerprint density at radius 1 is 1.17 bits per heavy atom. The van der Waals surface area contributed by atoms with E-state index in [-0.39, 0.29) is 11.9 Å². The van der Waals surface area contributed by atoms with Crippen molar-refractivity contribution in [2.75, 3.05) is 10.6 Å². The van der Waals surface area contributed by atoms with Crippen LogP contribution in [0.2, 0.25) is 0 Å². The first-order chi connectivity index (χ1) is 13.9. The smallest absolute Gasteiger partial charge is 0.244 e. The van der Waals surface area contributed by atoms with Crippen molar-refractivity contribution in [3.63, 3.8) is 0 Å². The maximum atomic E-state index is 13.2. The van der Waals surface area contributed by atoms with E-state index in [0.717, 1.165) is 28.7 Å². The molecule has 0 aliphatic carbocycles. The fraction of sp³-hybridized carbons (Fsp3) is 0.435. The molecule has 0 fully saturated rings. The van der Waals surface area contributed by atoms with Gasteiger partial charge in [-0.2, -0.15) is 0 Å². The van der Waals surface area contributed by atoms with Crippen molar-refractivity contribution in [2.45, 2.75) is 58.7 Å². The highest BCUT2D eigenvalue weighted by Gasteiger charge is 2.36. The Morgan fingerprint density at radius 3 is 2.37 bits per heavy atom. The van der Waals surface area contributed by atoms with Crippen molar-refractivity contribution in [1.29, 1.82) is 0 Å². The van der Waals surface area contributed by atoms with E-state index in [0.29, 0.717) is 12.1 Å². The number of benzene rings is 2. The molecule has 30 heavy (non-hydrogen) atoms. The molecule has 0 unspecified atom stereocenters. The van der Waals surface area contributed by atoms with Crippen LogP contribution in [0, 0.1) is 13.8 Å². The van der Waals surface area contributed by atoms with Crippen LogP contribution in [0.4, 0.5) is 5.69 Å². The summed E-state index contributed by atoms with van der Waals surface area (Å²) < 4.78 is 32.5. The van der Waals surface area contributed by atoms with Gasteiger partial charge in [-0.25, -0.2) is 8.42 Å². The lowest BCUT2D eigenvalue weighted by Crippen LogP contribution is -2.50. The molecule has 0 radical (unpaired) electrons. The summed E-state index contributed by atoms with van der Waals surface area (Å²) in [5.41, 5.74) is 2.82. The molecular formula is C23H30N2O4S. The number of para-hydroxylation sites is 1. The van der Waals surface area contributed by atoms with Crippen LogP contribution in [0.1, 0.15) is 49.9 Å². The number of nitrogens with zero attached hydrogens (tertiary/aromatic N) is 1. The van der Waals surface area contributed by atoms with E-state index in [1.165, 1.54) is 4.31 Å². The summed E-state index contributed by atoms with van der Waals surface area (Å²) in [6.07, 6.45) is 1.71. The van der Waals surface area contributed by atoms with Crippen molar-refractivity contribution < 1.29 is 17.9 Å². The van der Waals surface area contributed by atoms with Gasteiger partial charge in [-0.1, -0.05) is 24.3 Å². The highest BCUT2D eigenvalue weighted by Crippen LogP contribution is 2.39. The molecule has 7 heteroatoms. The zero-order chi connectivity index (χ0) is 22.3. The van der Waals surface area contributed by atoms with Gasteiger partial charge in [0.2, 0.25) is 15.9 Å². The minimum Gasteiger partial charge on any atom is -0.487 e. The molecule has 1 heterocycles. The minimum absolute atomic E-state index is 0.263. The predicted octanol–water partition coefficient (Wildman–Crippen LogP) is 3.88. The van der Waals surface area contributed by atoms with Crippen LogP contribution in [0.15, 0.2) is 42.5 Å². The molecule has 2 aromatic rings. The van der Waals surface area contributed by atoms with Gasteiger partial charge in [0.25, 0.3) is 0 Å². The number of fused-ring (bicyclic) bond motifs is 1. The lowest BCUT2D eigenvalue weighted by molar-refractivity contribution is -0.123. The average molecular weight is 431 g/mol. The summed E-state index contributed by atoms with van der Waals surface area (Å²) in [5.74, 6) is 0.387. The Hall–Kier alpha value is -2.54. The second-order valence-corrected chi connectivity index (χ2v) is 10.6. The number of hydrogen-bond donors (Lipinski definition) is 1. The predicted molar refractivity (Wildman–Crippen MR) is 119 cm³/mol. The average Bonchev–Trinajstić information content (AvgIpc) is 2.58. The molecule has 3 rings (SSSR count). The number of carbonyl (C=O) groups excluding carboxylic acids is 1. The summed E-state index contributed by atoms with van der Waals surface area (Å²) in [7, 11) is -3.67. The van der Waals surface area contributed by atoms with Gasteiger partial charge in [0.1, 0.15) is 17.4 Å². The topological polar surface area (TPSA) is 75.7 Å². The monoisotopic (exact) mass is 430 g/mol. The van der Waals surface area contributed by atoms with Crippen LogP contribution in [-0.2, 0) is 14.8 Å². The van der Waals surface area contributed by atoms with Crippen molar-refractivity contribution in [2.24, 2.45) is 0 Å². The fourth-order valence-electron chi connectivity index (χ4n) is 4.11. The maximum absolute atomic E-state index is 13.2. The molecular weight excluding hydrogens is 400 g/mol. The Balaban J connectivity index is 1.91. The third kappa shape index (κ3) is 4.78. The molecule has 0 saturated carbocycles. The molecule has 1 aliphatic heterocycles. The van der Waals surface area contributed by atoms with Crippen LogP contribution >= 0.6 is 0 Å². The molecule has 162 valence electrons. The number of ether oxygens (including phenoxy) is 1. The number of carbonyl (C=O) groups is 1. The lowest BCUT2D eigenvalue weighted by Gasteiger charge is -2.38. The van der Waals surface area contributed by atoms with Crippen molar-refractivity contribution in [1.82, 2.24) is 5.32 Å². The third-order valence-corrected chi connectivity index (χ3v) is 6.48. The number of nitrogens with one attached hydrogen (secondary N) is 1. The van der Waals surface area contributed by atoms with Crippen molar-refractivity contribution in [3.8, 4) is 5.75 Å². The van der Waals surface area contributed by atoms with Gasteiger partial charge in [0.05, 0.1) is 18.0 Å². The minimum atomic E-state index is -3.67. The number of hydrogen-bond acceptors (Lipinski definition) is 4. The molecule has 1 aliphatic rings. The molecule has 2 atom stereocenters. The first kappa shape index (κ1) is 22.2.